The average molecular weight is 335 g/mol. The number of methoxy groups -OCH3 is 1. The Hall–Kier alpha value is -2.28. The third kappa shape index (κ3) is 6.08. The van der Waals surface area contributed by atoms with Gasteiger partial charge in [-0.1, -0.05) is 12.1 Å². The number of hydrogen-bond acceptors (Lipinski definition) is 4. The van der Waals surface area contributed by atoms with Crippen LogP contribution in [0.15, 0.2) is 24.3 Å². The van der Waals surface area contributed by atoms with E-state index in [0.717, 1.165) is 24.2 Å². The lowest BCUT2D eigenvalue weighted by molar-refractivity contribution is -0.122. The highest BCUT2D eigenvalue weighted by molar-refractivity contribution is 5.87. The predicted molar refractivity (Wildman–Crippen MR) is 89.8 cm³/mol. The quantitative estimate of drug-likeness (QED) is 0.653. The zero-order valence-electron chi connectivity index (χ0n) is 14.0. The van der Waals surface area contributed by atoms with Gasteiger partial charge in [0.2, 0.25) is 5.91 Å². The Balaban J connectivity index is 1.73. The molecule has 0 radical (unpaired) electrons. The fraction of sp³-hybridized carbons (Fsp3) is 0.529. The van der Waals surface area contributed by atoms with Crippen LogP contribution in [0.1, 0.15) is 24.8 Å². The first kappa shape index (κ1) is 18.1. The molecule has 1 fully saturated rings. The number of ether oxygens (including phenoxy) is 2. The van der Waals surface area contributed by atoms with Crippen LogP contribution in [0.4, 0.5) is 4.79 Å². The van der Waals surface area contributed by atoms with Crippen LogP contribution in [0.5, 0.6) is 5.75 Å². The summed E-state index contributed by atoms with van der Waals surface area (Å²) in [5, 5.41) is 8.29. The topological polar surface area (TPSA) is 88.7 Å². The van der Waals surface area contributed by atoms with E-state index in [1.807, 2.05) is 24.3 Å². The zero-order chi connectivity index (χ0) is 17.2. The van der Waals surface area contributed by atoms with Crippen LogP contribution in [0.3, 0.4) is 0 Å². The van der Waals surface area contributed by atoms with Gasteiger partial charge in [-0.05, 0) is 37.0 Å². The Morgan fingerprint density at radius 1 is 1.25 bits per heavy atom. The molecule has 24 heavy (non-hydrogen) atoms. The van der Waals surface area contributed by atoms with Crippen molar-refractivity contribution in [3.8, 4) is 5.75 Å². The standard InChI is InChI=1S/C17H25N3O4/c1-23-10-11-24-14-7-5-13(6-8-14)12-19-17(22)20-15-4-2-3-9-18-16(15)21/h5-8,15H,2-4,9-12H2,1H3,(H,18,21)(H2,19,20,22)/t15-/m0/s1. The maximum Gasteiger partial charge on any atom is 0.315 e. The lowest BCUT2D eigenvalue weighted by Crippen LogP contribution is -2.48. The van der Waals surface area contributed by atoms with Crippen molar-refractivity contribution in [1.82, 2.24) is 16.0 Å². The number of urea groups is 1. The summed E-state index contributed by atoms with van der Waals surface area (Å²) in [5.41, 5.74) is 0.953. The van der Waals surface area contributed by atoms with Gasteiger partial charge in [0, 0.05) is 20.2 Å². The Kier molecular flexibility index (Phi) is 7.35. The highest BCUT2D eigenvalue weighted by atomic mass is 16.5. The third-order valence-electron chi connectivity index (χ3n) is 3.77. The van der Waals surface area contributed by atoms with Gasteiger partial charge in [0.05, 0.1) is 6.61 Å². The van der Waals surface area contributed by atoms with Crippen molar-refractivity contribution in [1.29, 1.82) is 0 Å². The van der Waals surface area contributed by atoms with E-state index in [4.69, 9.17) is 9.47 Å². The molecule has 7 heteroatoms. The van der Waals surface area contributed by atoms with E-state index < -0.39 is 6.04 Å². The molecule has 1 atom stereocenters. The molecule has 1 aliphatic heterocycles. The lowest BCUT2D eigenvalue weighted by Gasteiger charge is -2.16. The van der Waals surface area contributed by atoms with Crippen molar-refractivity contribution in [2.45, 2.75) is 31.8 Å². The van der Waals surface area contributed by atoms with E-state index in [-0.39, 0.29) is 11.9 Å². The van der Waals surface area contributed by atoms with Crippen molar-refractivity contribution in [2.24, 2.45) is 0 Å². The summed E-state index contributed by atoms with van der Waals surface area (Å²) >= 11 is 0. The van der Waals surface area contributed by atoms with Gasteiger partial charge >= 0.3 is 6.03 Å². The number of carbonyl (C=O) groups is 2. The molecular weight excluding hydrogens is 310 g/mol. The lowest BCUT2D eigenvalue weighted by atomic mass is 10.1. The summed E-state index contributed by atoms with van der Waals surface area (Å²) in [6.07, 6.45) is 2.55. The minimum Gasteiger partial charge on any atom is -0.491 e. The Bertz CT molecular complexity index is 533. The molecule has 1 aromatic carbocycles. The fourth-order valence-corrected chi connectivity index (χ4v) is 2.42. The van der Waals surface area contributed by atoms with Gasteiger partial charge in [-0.15, -0.1) is 0 Å². The van der Waals surface area contributed by atoms with Crippen molar-refractivity contribution in [3.63, 3.8) is 0 Å². The summed E-state index contributed by atoms with van der Waals surface area (Å²) in [5.74, 6) is 0.649. The molecule has 0 spiro atoms. The van der Waals surface area contributed by atoms with Crippen LogP contribution >= 0.6 is 0 Å². The molecule has 0 unspecified atom stereocenters. The van der Waals surface area contributed by atoms with Crippen molar-refractivity contribution >= 4 is 11.9 Å². The molecule has 3 N–H and O–H groups in total. The van der Waals surface area contributed by atoms with Crippen molar-refractivity contribution in [2.75, 3.05) is 26.9 Å². The van der Waals surface area contributed by atoms with E-state index in [2.05, 4.69) is 16.0 Å². The molecule has 7 nitrogen and oxygen atoms in total. The molecule has 1 heterocycles. The van der Waals surface area contributed by atoms with Gasteiger partial charge in [0.1, 0.15) is 18.4 Å². The normalized spacial score (nSPS) is 17.5. The molecule has 0 bridgehead atoms. The van der Waals surface area contributed by atoms with Gasteiger partial charge in [-0.25, -0.2) is 4.79 Å². The Morgan fingerprint density at radius 3 is 2.79 bits per heavy atom. The third-order valence-corrected chi connectivity index (χ3v) is 3.77. The fourth-order valence-electron chi connectivity index (χ4n) is 2.42. The first-order valence-electron chi connectivity index (χ1n) is 8.22. The minimum absolute atomic E-state index is 0.111. The number of rotatable bonds is 7. The van der Waals surface area contributed by atoms with E-state index in [1.165, 1.54) is 0 Å². The second-order valence-corrected chi connectivity index (χ2v) is 5.65. The number of carbonyl (C=O) groups excluding carboxylic acids is 2. The molecule has 132 valence electrons. The van der Waals surface area contributed by atoms with Crippen molar-refractivity contribution in [3.05, 3.63) is 29.8 Å². The minimum atomic E-state index is -0.455. The number of hydrogen-bond donors (Lipinski definition) is 3. The Morgan fingerprint density at radius 2 is 2.04 bits per heavy atom. The summed E-state index contributed by atoms with van der Waals surface area (Å²) in [7, 11) is 1.63. The zero-order valence-corrected chi connectivity index (χ0v) is 14.0. The van der Waals surface area contributed by atoms with Crippen LogP contribution in [0.2, 0.25) is 0 Å². The number of benzene rings is 1. The van der Waals surface area contributed by atoms with Gasteiger partial charge in [-0.2, -0.15) is 0 Å². The maximum atomic E-state index is 11.9. The number of amides is 3. The molecule has 3 amide bonds. The molecule has 1 aliphatic rings. The monoisotopic (exact) mass is 335 g/mol. The van der Waals surface area contributed by atoms with Crippen LogP contribution in [0.25, 0.3) is 0 Å². The first-order chi connectivity index (χ1) is 11.7. The SMILES string of the molecule is COCCOc1ccc(CNC(=O)N[C@H]2CCCCNC2=O)cc1. The van der Waals surface area contributed by atoms with E-state index in [9.17, 15) is 9.59 Å². The van der Waals surface area contributed by atoms with Crippen LogP contribution in [0, 0.1) is 0 Å². The van der Waals surface area contributed by atoms with Gasteiger partial charge in [0.15, 0.2) is 0 Å². The van der Waals surface area contributed by atoms with Crippen LogP contribution in [-0.4, -0.2) is 44.8 Å². The summed E-state index contributed by atoms with van der Waals surface area (Å²) in [6, 6.07) is 6.69. The molecule has 0 saturated carbocycles. The molecular formula is C17H25N3O4. The first-order valence-corrected chi connectivity index (χ1v) is 8.22. The maximum absolute atomic E-state index is 11.9. The van der Waals surface area contributed by atoms with Gasteiger partial charge < -0.3 is 25.4 Å². The number of nitrogens with one attached hydrogen (secondary N) is 3. The summed E-state index contributed by atoms with van der Waals surface area (Å²) < 4.78 is 10.4. The molecule has 2 rings (SSSR count). The predicted octanol–water partition coefficient (Wildman–Crippen LogP) is 1.18. The average Bonchev–Trinajstić information content (AvgIpc) is 2.79. The smallest absolute Gasteiger partial charge is 0.315 e. The van der Waals surface area contributed by atoms with E-state index >= 15 is 0 Å². The van der Waals surface area contributed by atoms with Gasteiger partial charge in [-0.3, -0.25) is 4.79 Å². The van der Waals surface area contributed by atoms with Crippen molar-refractivity contribution < 1.29 is 19.1 Å². The molecule has 0 aliphatic carbocycles. The van der Waals surface area contributed by atoms with E-state index in [0.29, 0.717) is 32.7 Å². The highest BCUT2D eigenvalue weighted by Crippen LogP contribution is 2.12. The summed E-state index contributed by atoms with van der Waals surface area (Å²) in [4.78, 5) is 23.7. The second kappa shape index (κ2) is 9.77. The molecule has 0 aromatic heterocycles. The Labute approximate surface area is 142 Å². The molecule has 1 aromatic rings. The largest absolute Gasteiger partial charge is 0.491 e. The molecule has 1 saturated heterocycles. The van der Waals surface area contributed by atoms with E-state index in [1.54, 1.807) is 7.11 Å². The van der Waals surface area contributed by atoms with Gasteiger partial charge in [0.25, 0.3) is 0 Å². The second-order valence-electron chi connectivity index (χ2n) is 5.65. The van der Waals surface area contributed by atoms with Crippen LogP contribution < -0.4 is 20.7 Å². The van der Waals surface area contributed by atoms with Crippen LogP contribution in [-0.2, 0) is 16.1 Å². The highest BCUT2D eigenvalue weighted by Gasteiger charge is 2.21. The summed E-state index contributed by atoms with van der Waals surface area (Å²) in [6.45, 7) is 2.11.